The van der Waals surface area contributed by atoms with Crippen LogP contribution in [0.15, 0.2) is 4.42 Å². The molecule has 0 atom stereocenters. The number of aliphatic hydroxyl groups is 1. The van der Waals surface area contributed by atoms with E-state index < -0.39 is 0 Å². The van der Waals surface area contributed by atoms with Gasteiger partial charge in [-0.1, -0.05) is 31.8 Å². The lowest BCUT2D eigenvalue weighted by Gasteiger charge is -2.26. The second-order valence-electron chi connectivity index (χ2n) is 5.78. The quantitative estimate of drug-likeness (QED) is 0.789. The summed E-state index contributed by atoms with van der Waals surface area (Å²) >= 11 is 0. The Hall–Kier alpha value is -1.47. The van der Waals surface area contributed by atoms with Crippen molar-refractivity contribution in [2.75, 3.05) is 25.0 Å². The molecule has 7 heteroatoms. The van der Waals surface area contributed by atoms with Crippen LogP contribution in [0.3, 0.4) is 0 Å². The van der Waals surface area contributed by atoms with E-state index in [2.05, 4.69) is 15.5 Å². The minimum absolute atomic E-state index is 0.0574. The number of carbonyl (C=O) groups excluding carboxylic acids is 1. The van der Waals surface area contributed by atoms with Gasteiger partial charge in [0, 0.05) is 18.5 Å². The molecule has 2 rings (SSSR count). The molecule has 1 heterocycles. The van der Waals surface area contributed by atoms with Crippen LogP contribution in [0.4, 0.5) is 6.01 Å². The maximum Gasteiger partial charge on any atom is 0.322 e. The molecule has 1 saturated carbocycles. The number of anilines is 1. The monoisotopic (exact) mass is 296 g/mol. The van der Waals surface area contributed by atoms with Crippen molar-refractivity contribution in [2.24, 2.45) is 0 Å². The van der Waals surface area contributed by atoms with Gasteiger partial charge in [-0.15, -0.1) is 5.10 Å². The number of nitrogens with zero attached hydrogens (tertiary/aromatic N) is 3. The highest BCUT2D eigenvalue weighted by Crippen LogP contribution is 2.23. The number of aliphatic hydroxyl groups excluding tert-OH is 1. The van der Waals surface area contributed by atoms with Gasteiger partial charge in [0.1, 0.15) is 0 Å². The topological polar surface area (TPSA) is 91.5 Å². The van der Waals surface area contributed by atoms with Gasteiger partial charge in [-0.25, -0.2) is 0 Å². The molecule has 0 saturated heterocycles. The third-order valence-corrected chi connectivity index (χ3v) is 3.76. The predicted octanol–water partition coefficient (Wildman–Crippen LogP) is 1.37. The molecule has 0 radical (unpaired) electrons. The number of hydrogen-bond acceptors (Lipinski definition) is 6. The lowest BCUT2D eigenvalue weighted by atomic mass is 10.2. The fraction of sp³-hybridized carbons (Fsp3) is 0.786. The van der Waals surface area contributed by atoms with Gasteiger partial charge in [-0.05, 0) is 12.8 Å². The highest BCUT2D eigenvalue weighted by molar-refractivity contribution is 5.90. The van der Waals surface area contributed by atoms with Crippen molar-refractivity contribution >= 4 is 11.9 Å². The van der Waals surface area contributed by atoms with Crippen LogP contribution in [0.5, 0.6) is 0 Å². The Kier molecular flexibility index (Phi) is 5.69. The molecule has 1 aliphatic carbocycles. The van der Waals surface area contributed by atoms with E-state index in [1.807, 2.05) is 18.7 Å². The van der Waals surface area contributed by atoms with Crippen molar-refractivity contribution < 1.29 is 14.3 Å². The van der Waals surface area contributed by atoms with Crippen LogP contribution in [0.2, 0.25) is 0 Å². The first-order valence-electron chi connectivity index (χ1n) is 7.58. The summed E-state index contributed by atoms with van der Waals surface area (Å²) in [6.07, 6.45) is 4.56. The van der Waals surface area contributed by atoms with Crippen molar-refractivity contribution in [3.8, 4) is 0 Å². The van der Waals surface area contributed by atoms with E-state index in [0.717, 1.165) is 12.8 Å². The van der Waals surface area contributed by atoms with Crippen LogP contribution in [0.1, 0.15) is 51.3 Å². The van der Waals surface area contributed by atoms with Gasteiger partial charge < -0.3 is 9.52 Å². The number of amides is 1. The summed E-state index contributed by atoms with van der Waals surface area (Å²) in [6, 6.07) is 0.524. The summed E-state index contributed by atoms with van der Waals surface area (Å²) in [5.74, 6) is 0.454. The lowest BCUT2D eigenvalue weighted by molar-refractivity contribution is -0.118. The fourth-order valence-electron chi connectivity index (χ4n) is 2.65. The first kappa shape index (κ1) is 15.9. The molecule has 7 nitrogen and oxygen atoms in total. The van der Waals surface area contributed by atoms with Gasteiger partial charge in [-0.2, -0.15) is 0 Å². The molecule has 21 heavy (non-hydrogen) atoms. The van der Waals surface area contributed by atoms with Gasteiger partial charge in [0.05, 0.1) is 13.2 Å². The minimum Gasteiger partial charge on any atom is -0.408 e. The van der Waals surface area contributed by atoms with Crippen molar-refractivity contribution in [1.82, 2.24) is 15.1 Å². The average Bonchev–Trinajstić information content (AvgIpc) is 3.09. The highest BCUT2D eigenvalue weighted by atomic mass is 16.4. The molecular formula is C14H24N4O3. The molecule has 1 fully saturated rings. The van der Waals surface area contributed by atoms with Crippen molar-refractivity contribution in [1.29, 1.82) is 0 Å². The van der Waals surface area contributed by atoms with E-state index >= 15 is 0 Å². The number of aromatic nitrogens is 2. The molecular weight excluding hydrogens is 272 g/mol. The van der Waals surface area contributed by atoms with Gasteiger partial charge in [0.25, 0.3) is 0 Å². The minimum atomic E-state index is -0.186. The Balaban J connectivity index is 1.88. The Morgan fingerprint density at radius 2 is 2.14 bits per heavy atom. The SMILES string of the molecule is CC(C)c1nnc(NC(=O)CN(CCO)C2CCCC2)o1. The standard InChI is InChI=1S/C14H24N4O3/c1-10(2)13-16-17-14(21-13)15-12(20)9-18(7-8-19)11-5-3-4-6-11/h10-11,19H,3-9H2,1-2H3,(H,15,17,20). The lowest BCUT2D eigenvalue weighted by Crippen LogP contribution is -2.41. The Labute approximate surface area is 124 Å². The van der Waals surface area contributed by atoms with Gasteiger partial charge in [0.15, 0.2) is 0 Å². The normalized spacial score (nSPS) is 16.0. The van der Waals surface area contributed by atoms with Crippen LogP contribution >= 0.6 is 0 Å². The Bertz CT molecular complexity index is 455. The molecule has 1 aromatic rings. The number of carbonyl (C=O) groups is 1. The largest absolute Gasteiger partial charge is 0.408 e. The van der Waals surface area contributed by atoms with Gasteiger partial charge >= 0.3 is 6.01 Å². The predicted molar refractivity (Wildman–Crippen MR) is 77.9 cm³/mol. The van der Waals surface area contributed by atoms with Crippen molar-refractivity contribution in [3.63, 3.8) is 0 Å². The van der Waals surface area contributed by atoms with Crippen molar-refractivity contribution in [3.05, 3.63) is 5.89 Å². The zero-order valence-corrected chi connectivity index (χ0v) is 12.7. The van der Waals surface area contributed by atoms with E-state index in [0.29, 0.717) is 18.5 Å². The average molecular weight is 296 g/mol. The molecule has 0 spiro atoms. The van der Waals surface area contributed by atoms with Crippen LogP contribution in [0.25, 0.3) is 0 Å². The third kappa shape index (κ3) is 4.50. The van der Waals surface area contributed by atoms with Crippen molar-refractivity contribution in [2.45, 2.75) is 51.5 Å². The molecule has 0 bridgehead atoms. The Morgan fingerprint density at radius 3 is 2.71 bits per heavy atom. The summed E-state index contributed by atoms with van der Waals surface area (Å²) in [7, 11) is 0. The van der Waals surface area contributed by atoms with E-state index in [1.54, 1.807) is 0 Å². The molecule has 1 aromatic heterocycles. The van der Waals surface area contributed by atoms with E-state index in [1.165, 1.54) is 12.8 Å². The fourth-order valence-corrected chi connectivity index (χ4v) is 2.65. The molecule has 0 aliphatic heterocycles. The van der Waals surface area contributed by atoms with Gasteiger partial charge in [-0.3, -0.25) is 15.0 Å². The maximum atomic E-state index is 12.1. The van der Waals surface area contributed by atoms with Crippen LogP contribution in [-0.2, 0) is 4.79 Å². The summed E-state index contributed by atoms with van der Waals surface area (Å²) in [6.45, 7) is 4.70. The first-order chi connectivity index (χ1) is 10.1. The number of rotatable bonds is 7. The zero-order chi connectivity index (χ0) is 15.2. The van der Waals surface area contributed by atoms with Gasteiger partial charge in [0.2, 0.25) is 11.8 Å². The van der Waals surface area contributed by atoms with E-state index in [4.69, 9.17) is 9.52 Å². The number of nitrogens with one attached hydrogen (secondary N) is 1. The summed E-state index contributed by atoms with van der Waals surface area (Å²) in [4.78, 5) is 14.1. The molecule has 0 unspecified atom stereocenters. The molecule has 118 valence electrons. The summed E-state index contributed by atoms with van der Waals surface area (Å²) in [5.41, 5.74) is 0. The summed E-state index contributed by atoms with van der Waals surface area (Å²) in [5, 5.41) is 19.5. The van der Waals surface area contributed by atoms with Crippen LogP contribution < -0.4 is 5.32 Å². The summed E-state index contributed by atoms with van der Waals surface area (Å²) < 4.78 is 5.36. The van der Waals surface area contributed by atoms with Crippen LogP contribution in [0, 0.1) is 0 Å². The highest BCUT2D eigenvalue weighted by Gasteiger charge is 2.24. The molecule has 2 N–H and O–H groups in total. The Morgan fingerprint density at radius 1 is 1.43 bits per heavy atom. The molecule has 1 amide bonds. The first-order valence-corrected chi connectivity index (χ1v) is 7.58. The second kappa shape index (κ2) is 7.51. The zero-order valence-electron chi connectivity index (χ0n) is 12.7. The molecule has 1 aliphatic rings. The second-order valence-corrected chi connectivity index (χ2v) is 5.78. The van der Waals surface area contributed by atoms with E-state index in [9.17, 15) is 4.79 Å². The molecule has 0 aromatic carbocycles. The van der Waals surface area contributed by atoms with Crippen LogP contribution in [-0.4, -0.2) is 51.8 Å². The van der Waals surface area contributed by atoms with E-state index in [-0.39, 0.29) is 31.0 Å². The third-order valence-electron chi connectivity index (χ3n) is 3.76. The maximum absolute atomic E-state index is 12.1. The number of hydrogen-bond donors (Lipinski definition) is 2. The smallest absolute Gasteiger partial charge is 0.322 e.